The molecule has 0 aromatic carbocycles. The van der Waals surface area contributed by atoms with E-state index in [-0.39, 0.29) is 0 Å². The van der Waals surface area contributed by atoms with Crippen molar-refractivity contribution >= 4 is 11.2 Å². The van der Waals surface area contributed by atoms with E-state index >= 15 is 0 Å². The van der Waals surface area contributed by atoms with Crippen molar-refractivity contribution in [3.05, 3.63) is 0 Å². The van der Waals surface area contributed by atoms with E-state index in [1.54, 1.807) is 0 Å². The van der Waals surface area contributed by atoms with Crippen LogP contribution < -0.4 is 0 Å². The Morgan fingerprint density at radius 3 is 2.17 bits per heavy atom. The molecule has 1 aliphatic heterocycles. The number of hydrogen-bond acceptors (Lipinski definition) is 3. The first-order valence-corrected chi connectivity index (χ1v) is 8.41. The molecule has 3 fully saturated rings. The van der Waals surface area contributed by atoms with Crippen LogP contribution in [0.3, 0.4) is 0 Å². The van der Waals surface area contributed by atoms with Gasteiger partial charge in [0.15, 0.2) is 0 Å². The predicted molar refractivity (Wildman–Crippen MR) is 71.3 cm³/mol. The zero-order valence-electron chi connectivity index (χ0n) is 11.3. The molecule has 1 saturated heterocycles. The lowest BCUT2D eigenvalue weighted by molar-refractivity contribution is 0.0577. The SMILES string of the molecule is COS(F)(OC)N1CC2CCCC3CCC(C1)C32. The van der Waals surface area contributed by atoms with Crippen LogP contribution in [0.15, 0.2) is 0 Å². The van der Waals surface area contributed by atoms with Gasteiger partial charge in [-0.05, 0) is 42.9 Å². The second-order valence-electron chi connectivity index (χ2n) is 5.96. The van der Waals surface area contributed by atoms with Crippen LogP contribution in [0, 0.1) is 23.7 Å². The Kier molecular flexibility index (Phi) is 3.60. The maximum atomic E-state index is 14.6. The van der Waals surface area contributed by atoms with Crippen LogP contribution in [0.1, 0.15) is 32.1 Å². The topological polar surface area (TPSA) is 21.7 Å². The lowest BCUT2D eigenvalue weighted by atomic mass is 9.69. The minimum Gasteiger partial charge on any atom is -0.248 e. The van der Waals surface area contributed by atoms with Gasteiger partial charge in [0.2, 0.25) is 0 Å². The first-order valence-electron chi connectivity index (χ1n) is 7.07. The molecule has 4 atom stereocenters. The molecule has 0 spiro atoms. The molecule has 0 aromatic heterocycles. The second-order valence-corrected chi connectivity index (χ2v) is 7.97. The van der Waals surface area contributed by atoms with E-state index in [1.165, 1.54) is 46.3 Å². The Morgan fingerprint density at radius 1 is 0.944 bits per heavy atom. The Hall–Kier alpha value is 0.160. The van der Waals surface area contributed by atoms with Crippen molar-refractivity contribution in [3.8, 4) is 0 Å². The van der Waals surface area contributed by atoms with Gasteiger partial charge in [0.05, 0.1) is 14.2 Å². The Bertz CT molecular complexity index is 313. The third kappa shape index (κ3) is 1.99. The molecular formula is C13H24FNO2S. The Morgan fingerprint density at radius 2 is 1.50 bits per heavy atom. The predicted octanol–water partition coefficient (Wildman–Crippen LogP) is 3.47. The maximum absolute atomic E-state index is 14.6. The Balaban J connectivity index is 1.78. The van der Waals surface area contributed by atoms with Crippen LogP contribution in [0.4, 0.5) is 3.89 Å². The van der Waals surface area contributed by atoms with E-state index in [2.05, 4.69) is 0 Å². The molecule has 4 unspecified atom stereocenters. The summed E-state index contributed by atoms with van der Waals surface area (Å²) in [5.74, 6) is 3.11. The average Bonchev–Trinajstić information content (AvgIpc) is 2.83. The van der Waals surface area contributed by atoms with E-state index < -0.39 is 11.2 Å². The molecule has 0 N–H and O–H groups in total. The molecule has 0 amide bonds. The van der Waals surface area contributed by atoms with Crippen LogP contribution >= 0.6 is 11.2 Å². The highest BCUT2D eigenvalue weighted by Crippen LogP contribution is 2.60. The number of nitrogens with zero attached hydrogens (tertiary/aromatic N) is 1. The molecule has 106 valence electrons. The third-order valence-corrected chi connectivity index (χ3v) is 7.02. The van der Waals surface area contributed by atoms with Crippen molar-refractivity contribution < 1.29 is 12.3 Å². The van der Waals surface area contributed by atoms with Gasteiger partial charge in [0.1, 0.15) is 0 Å². The highest BCUT2D eigenvalue weighted by atomic mass is 32.3. The van der Waals surface area contributed by atoms with Crippen LogP contribution in [0.2, 0.25) is 0 Å². The summed E-state index contributed by atoms with van der Waals surface area (Å²) in [5.41, 5.74) is 0. The summed E-state index contributed by atoms with van der Waals surface area (Å²) in [5, 5.41) is 0. The highest BCUT2D eigenvalue weighted by Gasteiger charge is 2.49. The smallest absolute Gasteiger partial charge is 0.0646 e. The minimum atomic E-state index is -2.96. The third-order valence-electron chi connectivity index (χ3n) is 5.29. The summed E-state index contributed by atoms with van der Waals surface area (Å²) in [4.78, 5) is 0. The van der Waals surface area contributed by atoms with Crippen molar-refractivity contribution in [2.75, 3.05) is 27.3 Å². The Labute approximate surface area is 111 Å². The molecule has 3 nitrogen and oxygen atoms in total. The number of piperidine rings is 1. The molecule has 2 saturated carbocycles. The van der Waals surface area contributed by atoms with Gasteiger partial charge < -0.3 is 0 Å². The lowest BCUT2D eigenvalue weighted by Gasteiger charge is -2.50. The maximum Gasteiger partial charge on any atom is 0.0646 e. The summed E-state index contributed by atoms with van der Waals surface area (Å²) < 4.78 is 26.5. The molecular weight excluding hydrogens is 253 g/mol. The average molecular weight is 277 g/mol. The lowest BCUT2D eigenvalue weighted by Crippen LogP contribution is -2.47. The zero-order chi connectivity index (χ0) is 12.8. The first kappa shape index (κ1) is 13.2. The molecule has 5 heteroatoms. The van der Waals surface area contributed by atoms with Gasteiger partial charge in [-0.1, -0.05) is 16.7 Å². The fraction of sp³-hybridized carbons (Fsp3) is 1.00. The van der Waals surface area contributed by atoms with E-state index in [0.717, 1.165) is 24.9 Å². The number of rotatable bonds is 3. The van der Waals surface area contributed by atoms with Crippen LogP contribution in [-0.2, 0) is 8.37 Å². The molecule has 2 aliphatic carbocycles. The fourth-order valence-electron chi connectivity index (χ4n) is 4.62. The number of halogens is 1. The zero-order valence-corrected chi connectivity index (χ0v) is 12.1. The highest BCUT2D eigenvalue weighted by molar-refractivity contribution is 8.19. The monoisotopic (exact) mass is 277 g/mol. The van der Waals surface area contributed by atoms with Gasteiger partial charge in [-0.15, -0.1) is 0 Å². The second kappa shape index (κ2) is 4.93. The van der Waals surface area contributed by atoms with E-state index in [9.17, 15) is 3.89 Å². The molecule has 18 heavy (non-hydrogen) atoms. The first-order chi connectivity index (χ1) is 8.68. The molecule has 0 aromatic rings. The van der Waals surface area contributed by atoms with Gasteiger partial charge in [-0.3, -0.25) is 0 Å². The van der Waals surface area contributed by atoms with Crippen molar-refractivity contribution in [1.82, 2.24) is 4.31 Å². The van der Waals surface area contributed by atoms with Crippen LogP contribution in [0.5, 0.6) is 0 Å². The largest absolute Gasteiger partial charge is 0.248 e. The number of hydrogen-bond donors (Lipinski definition) is 0. The van der Waals surface area contributed by atoms with Gasteiger partial charge in [0, 0.05) is 24.3 Å². The molecule has 3 rings (SSSR count). The van der Waals surface area contributed by atoms with Gasteiger partial charge >= 0.3 is 0 Å². The summed E-state index contributed by atoms with van der Waals surface area (Å²) >= 11 is -2.96. The van der Waals surface area contributed by atoms with Crippen molar-refractivity contribution in [3.63, 3.8) is 0 Å². The van der Waals surface area contributed by atoms with Gasteiger partial charge in [-0.2, -0.15) is 4.31 Å². The summed E-state index contributed by atoms with van der Waals surface area (Å²) in [6, 6.07) is 0. The van der Waals surface area contributed by atoms with E-state index in [4.69, 9.17) is 8.37 Å². The summed E-state index contributed by atoms with van der Waals surface area (Å²) in [6.45, 7) is 1.65. The van der Waals surface area contributed by atoms with Gasteiger partial charge in [0.25, 0.3) is 0 Å². The molecule has 0 bridgehead atoms. The summed E-state index contributed by atoms with van der Waals surface area (Å²) in [6.07, 6.45) is 6.61. The fourth-order valence-corrected chi connectivity index (χ4v) is 5.92. The van der Waals surface area contributed by atoms with Crippen molar-refractivity contribution in [2.24, 2.45) is 23.7 Å². The van der Waals surface area contributed by atoms with Crippen molar-refractivity contribution in [1.29, 1.82) is 0 Å². The van der Waals surface area contributed by atoms with Crippen molar-refractivity contribution in [2.45, 2.75) is 32.1 Å². The standard InChI is InChI=1S/C13H24FNO2S/c1-16-18(14,17-2)15-8-11-5-3-4-10-6-7-12(9-15)13(10)11/h10-13H,3-9H2,1-2H3. The van der Waals surface area contributed by atoms with Crippen LogP contribution in [-0.4, -0.2) is 31.6 Å². The molecule has 1 heterocycles. The van der Waals surface area contributed by atoms with Gasteiger partial charge in [-0.25, -0.2) is 8.37 Å². The van der Waals surface area contributed by atoms with E-state index in [0.29, 0.717) is 11.8 Å². The molecule has 3 aliphatic rings. The normalized spacial score (nSPS) is 41.7. The van der Waals surface area contributed by atoms with E-state index in [1.807, 2.05) is 4.31 Å². The quantitative estimate of drug-likeness (QED) is 0.788. The molecule has 0 radical (unpaired) electrons. The minimum absolute atomic E-state index is 0.665. The van der Waals surface area contributed by atoms with Crippen LogP contribution in [0.25, 0.3) is 0 Å². The summed E-state index contributed by atoms with van der Waals surface area (Å²) in [7, 11) is 2.84.